The molecule has 0 bridgehead atoms. The molecule has 1 rings (SSSR count). The summed E-state index contributed by atoms with van der Waals surface area (Å²) in [5.41, 5.74) is 2.63. The van der Waals surface area contributed by atoms with Crippen LogP contribution < -0.4 is 0 Å². The maximum Gasteiger partial charge on any atom is 0.331 e. The molecule has 2 nitrogen and oxygen atoms in total. The van der Waals surface area contributed by atoms with Gasteiger partial charge in [0.05, 0.1) is 0 Å². The number of carboxylic acids is 1. The normalized spacial score (nSPS) is 16.8. The van der Waals surface area contributed by atoms with Crippen molar-refractivity contribution in [2.24, 2.45) is 0 Å². The molecule has 0 amide bonds. The maximum atomic E-state index is 10.6. The molecule has 0 aromatic carbocycles. The molecule has 1 N–H and O–H groups in total. The summed E-state index contributed by atoms with van der Waals surface area (Å²) in [5, 5.41) is 8.75. The first kappa shape index (κ1) is 11.5. The largest absolute Gasteiger partial charge is 0.478 e. The minimum absolute atomic E-state index is 0.367. The van der Waals surface area contributed by atoms with Gasteiger partial charge >= 0.3 is 5.97 Å². The van der Waals surface area contributed by atoms with Gasteiger partial charge in [-0.1, -0.05) is 36.8 Å². The number of hydrogen-bond acceptors (Lipinski definition) is 1. The number of carbonyl (C=O) groups is 1. The SMILES string of the molecule is CCC1=CCC=C(/C=C(\C)C(=O)O)C=C1. The molecular formula is C13H16O2. The lowest BCUT2D eigenvalue weighted by molar-refractivity contribution is -0.132. The molecule has 0 aromatic heterocycles. The summed E-state index contributed by atoms with van der Waals surface area (Å²) >= 11 is 0. The van der Waals surface area contributed by atoms with Gasteiger partial charge < -0.3 is 5.11 Å². The molecule has 0 radical (unpaired) electrons. The minimum atomic E-state index is -0.864. The molecular weight excluding hydrogens is 188 g/mol. The maximum absolute atomic E-state index is 10.6. The van der Waals surface area contributed by atoms with Crippen molar-refractivity contribution in [3.63, 3.8) is 0 Å². The van der Waals surface area contributed by atoms with Crippen molar-refractivity contribution in [2.45, 2.75) is 26.7 Å². The van der Waals surface area contributed by atoms with Gasteiger partial charge in [-0.3, -0.25) is 0 Å². The third kappa shape index (κ3) is 3.58. The van der Waals surface area contributed by atoms with E-state index in [2.05, 4.69) is 13.0 Å². The quantitative estimate of drug-likeness (QED) is 0.716. The number of hydrogen-bond donors (Lipinski definition) is 1. The zero-order chi connectivity index (χ0) is 11.3. The Balaban J connectivity index is 2.80. The highest BCUT2D eigenvalue weighted by atomic mass is 16.4. The van der Waals surface area contributed by atoms with Crippen LogP contribution in [0.4, 0.5) is 0 Å². The second-order valence-corrected chi connectivity index (χ2v) is 3.54. The average molecular weight is 204 g/mol. The van der Waals surface area contributed by atoms with E-state index in [0.717, 1.165) is 18.4 Å². The van der Waals surface area contributed by atoms with Gasteiger partial charge in [0.25, 0.3) is 0 Å². The summed E-state index contributed by atoms with van der Waals surface area (Å²) in [6, 6.07) is 0. The third-order valence-electron chi connectivity index (χ3n) is 2.35. The van der Waals surface area contributed by atoms with Crippen LogP contribution in [-0.2, 0) is 4.79 Å². The van der Waals surface area contributed by atoms with Crippen molar-refractivity contribution in [3.8, 4) is 0 Å². The fourth-order valence-electron chi connectivity index (χ4n) is 1.37. The summed E-state index contributed by atoms with van der Waals surface area (Å²) in [7, 11) is 0. The highest BCUT2D eigenvalue weighted by molar-refractivity contribution is 5.86. The van der Waals surface area contributed by atoms with Gasteiger partial charge in [-0.2, -0.15) is 0 Å². The second-order valence-electron chi connectivity index (χ2n) is 3.54. The van der Waals surface area contributed by atoms with E-state index in [-0.39, 0.29) is 0 Å². The lowest BCUT2D eigenvalue weighted by Gasteiger charge is -1.95. The second kappa shape index (κ2) is 5.35. The predicted octanol–water partition coefficient (Wildman–Crippen LogP) is 3.24. The average Bonchev–Trinajstić information content (AvgIpc) is 2.43. The van der Waals surface area contributed by atoms with Crippen LogP contribution in [0.1, 0.15) is 26.7 Å². The van der Waals surface area contributed by atoms with Gasteiger partial charge in [0.1, 0.15) is 0 Å². The first-order valence-corrected chi connectivity index (χ1v) is 5.12. The third-order valence-corrected chi connectivity index (χ3v) is 2.35. The van der Waals surface area contributed by atoms with Crippen LogP contribution in [0, 0.1) is 0 Å². The van der Waals surface area contributed by atoms with E-state index in [1.54, 1.807) is 13.0 Å². The van der Waals surface area contributed by atoms with E-state index < -0.39 is 5.97 Å². The van der Waals surface area contributed by atoms with Crippen LogP contribution >= 0.6 is 0 Å². The number of aliphatic carboxylic acids is 1. The predicted molar refractivity (Wildman–Crippen MR) is 61.6 cm³/mol. The number of allylic oxidation sites excluding steroid dienone is 7. The molecule has 2 heteroatoms. The molecule has 1 aliphatic rings. The summed E-state index contributed by atoms with van der Waals surface area (Å²) in [5.74, 6) is -0.864. The van der Waals surface area contributed by atoms with Gasteiger partial charge in [0, 0.05) is 5.57 Å². The summed E-state index contributed by atoms with van der Waals surface area (Å²) in [6.45, 7) is 3.72. The molecule has 15 heavy (non-hydrogen) atoms. The molecule has 0 saturated carbocycles. The highest BCUT2D eigenvalue weighted by Gasteiger charge is 2.01. The van der Waals surface area contributed by atoms with Gasteiger partial charge in [0.2, 0.25) is 0 Å². The van der Waals surface area contributed by atoms with Crippen LogP contribution in [-0.4, -0.2) is 11.1 Å². The van der Waals surface area contributed by atoms with Gasteiger partial charge in [-0.05, 0) is 31.4 Å². The van der Waals surface area contributed by atoms with E-state index >= 15 is 0 Å². The van der Waals surface area contributed by atoms with Crippen LogP contribution in [0.3, 0.4) is 0 Å². The zero-order valence-corrected chi connectivity index (χ0v) is 9.16. The summed E-state index contributed by atoms with van der Waals surface area (Å²) in [6.07, 6.45) is 11.8. The van der Waals surface area contributed by atoms with E-state index in [1.807, 2.05) is 18.2 Å². The minimum Gasteiger partial charge on any atom is -0.478 e. The Labute approximate surface area is 90.3 Å². The standard InChI is InChI=1S/C13H16O2/c1-3-11-5-4-6-12(8-7-11)9-10(2)13(14)15/h5-9H,3-4H2,1-2H3,(H,14,15)/b10-9+. The number of carboxylic acid groups (broad SMARTS) is 1. The van der Waals surface area contributed by atoms with E-state index in [4.69, 9.17) is 5.11 Å². The van der Waals surface area contributed by atoms with Crippen molar-refractivity contribution in [2.75, 3.05) is 0 Å². The molecule has 0 heterocycles. The molecule has 0 aromatic rings. The van der Waals surface area contributed by atoms with Crippen molar-refractivity contribution in [3.05, 3.63) is 47.1 Å². The molecule has 0 unspecified atom stereocenters. The Kier molecular flexibility index (Phi) is 4.10. The smallest absolute Gasteiger partial charge is 0.331 e. The van der Waals surface area contributed by atoms with Gasteiger partial charge in [-0.15, -0.1) is 0 Å². The van der Waals surface area contributed by atoms with Crippen molar-refractivity contribution in [1.29, 1.82) is 0 Å². The van der Waals surface area contributed by atoms with Crippen LogP contribution in [0.15, 0.2) is 47.1 Å². The van der Waals surface area contributed by atoms with Crippen molar-refractivity contribution < 1.29 is 9.90 Å². The molecule has 0 saturated heterocycles. The molecule has 80 valence electrons. The first-order valence-electron chi connectivity index (χ1n) is 5.12. The van der Waals surface area contributed by atoms with Crippen LogP contribution in [0.25, 0.3) is 0 Å². The molecule has 0 aliphatic heterocycles. The number of rotatable bonds is 3. The van der Waals surface area contributed by atoms with Gasteiger partial charge in [-0.25, -0.2) is 4.79 Å². The Morgan fingerprint density at radius 1 is 1.47 bits per heavy atom. The molecule has 0 fully saturated rings. The summed E-state index contributed by atoms with van der Waals surface area (Å²) < 4.78 is 0. The Morgan fingerprint density at radius 2 is 2.20 bits per heavy atom. The van der Waals surface area contributed by atoms with Crippen LogP contribution in [0.2, 0.25) is 0 Å². The molecule has 0 atom stereocenters. The molecule has 1 aliphatic carbocycles. The Bertz CT molecular complexity index is 368. The zero-order valence-electron chi connectivity index (χ0n) is 9.16. The Hall–Kier alpha value is -1.57. The lowest BCUT2D eigenvalue weighted by Crippen LogP contribution is -1.95. The molecule has 0 spiro atoms. The van der Waals surface area contributed by atoms with E-state index in [9.17, 15) is 4.79 Å². The monoisotopic (exact) mass is 204 g/mol. The topological polar surface area (TPSA) is 37.3 Å². The van der Waals surface area contributed by atoms with Crippen LogP contribution in [0.5, 0.6) is 0 Å². The van der Waals surface area contributed by atoms with E-state index in [1.165, 1.54) is 5.57 Å². The summed E-state index contributed by atoms with van der Waals surface area (Å²) in [4.78, 5) is 10.6. The fraction of sp³-hybridized carbons (Fsp3) is 0.308. The Morgan fingerprint density at radius 3 is 2.80 bits per heavy atom. The van der Waals surface area contributed by atoms with Crippen molar-refractivity contribution in [1.82, 2.24) is 0 Å². The highest BCUT2D eigenvalue weighted by Crippen LogP contribution is 2.14. The lowest BCUT2D eigenvalue weighted by atomic mass is 10.1. The fourth-order valence-corrected chi connectivity index (χ4v) is 1.37. The van der Waals surface area contributed by atoms with Gasteiger partial charge in [0.15, 0.2) is 0 Å². The first-order chi connectivity index (χ1) is 7.13. The van der Waals surface area contributed by atoms with E-state index in [0.29, 0.717) is 5.57 Å². The van der Waals surface area contributed by atoms with Crippen molar-refractivity contribution >= 4 is 5.97 Å².